The number of hydrogen-bond donors (Lipinski definition) is 1. The second-order valence-corrected chi connectivity index (χ2v) is 6.63. The third-order valence-corrected chi connectivity index (χ3v) is 4.56. The van der Waals surface area contributed by atoms with Crippen molar-refractivity contribution in [2.24, 2.45) is 5.10 Å². The van der Waals surface area contributed by atoms with Crippen molar-refractivity contribution >= 4 is 29.2 Å². The summed E-state index contributed by atoms with van der Waals surface area (Å²) in [5.74, 6) is -1.68. The second-order valence-electron chi connectivity index (χ2n) is 6.63. The number of hydrazone groups is 1. The first-order valence-electron chi connectivity index (χ1n) is 8.75. The molecule has 1 aliphatic rings. The first-order chi connectivity index (χ1) is 12.2. The zero-order valence-corrected chi connectivity index (χ0v) is 15.7. The predicted octanol–water partition coefficient (Wildman–Crippen LogP) is 2.50. The number of amides is 2. The molecule has 0 bridgehead atoms. The van der Waals surface area contributed by atoms with E-state index in [1.165, 1.54) is 9.91 Å². The lowest BCUT2D eigenvalue weighted by Gasteiger charge is -2.30. The third kappa shape index (κ3) is 4.28. The number of aliphatic carboxylic acids is 1. The van der Waals surface area contributed by atoms with E-state index in [9.17, 15) is 14.4 Å². The van der Waals surface area contributed by atoms with Crippen molar-refractivity contribution in [2.45, 2.75) is 53.0 Å². The number of carboxylic acid groups (broad SMARTS) is 1. The Kier molecular flexibility index (Phi) is 6.13. The largest absolute Gasteiger partial charge is 0.480 e. The van der Waals surface area contributed by atoms with Crippen LogP contribution in [0.2, 0.25) is 0 Å². The van der Waals surface area contributed by atoms with E-state index >= 15 is 0 Å². The van der Waals surface area contributed by atoms with Gasteiger partial charge in [-0.1, -0.05) is 19.1 Å². The Balaban J connectivity index is 2.38. The maximum atomic E-state index is 12.9. The Morgan fingerprint density at radius 2 is 2.00 bits per heavy atom. The van der Waals surface area contributed by atoms with Gasteiger partial charge in [-0.25, -0.2) is 5.01 Å². The summed E-state index contributed by atoms with van der Waals surface area (Å²) in [6, 6.07) is 5.47. The van der Waals surface area contributed by atoms with Crippen molar-refractivity contribution in [3.63, 3.8) is 0 Å². The Bertz CT molecular complexity index is 757. The van der Waals surface area contributed by atoms with Crippen molar-refractivity contribution in [3.8, 4) is 0 Å². The number of nitrogens with zero attached hydrogens (tertiary/aromatic N) is 3. The van der Waals surface area contributed by atoms with Crippen LogP contribution in [0.3, 0.4) is 0 Å². The highest BCUT2D eigenvalue weighted by Gasteiger charge is 2.31. The van der Waals surface area contributed by atoms with Gasteiger partial charge in [0.15, 0.2) is 0 Å². The Labute approximate surface area is 153 Å². The minimum atomic E-state index is -1.07. The summed E-state index contributed by atoms with van der Waals surface area (Å²) in [5, 5.41) is 14.7. The Hall–Kier alpha value is -2.70. The molecule has 140 valence electrons. The summed E-state index contributed by atoms with van der Waals surface area (Å²) < 4.78 is 0. The SMILES string of the molecule is CCC(C)N(CC(=O)O)C(=O)C1=NN(c2cc(C)ccc2C)C(=O)CC1. The summed E-state index contributed by atoms with van der Waals surface area (Å²) in [4.78, 5) is 37.7. The lowest BCUT2D eigenvalue weighted by atomic mass is 10.1. The Morgan fingerprint density at radius 1 is 1.31 bits per heavy atom. The van der Waals surface area contributed by atoms with Gasteiger partial charge in [0.25, 0.3) is 5.91 Å². The fraction of sp³-hybridized carbons (Fsp3) is 0.474. The van der Waals surface area contributed by atoms with Crippen LogP contribution in [-0.2, 0) is 14.4 Å². The molecule has 0 spiro atoms. The molecule has 1 heterocycles. The highest BCUT2D eigenvalue weighted by Crippen LogP contribution is 2.26. The molecule has 1 N–H and O–H groups in total. The third-order valence-electron chi connectivity index (χ3n) is 4.56. The molecule has 0 aliphatic carbocycles. The van der Waals surface area contributed by atoms with Gasteiger partial charge in [0.1, 0.15) is 12.3 Å². The molecule has 0 radical (unpaired) electrons. The van der Waals surface area contributed by atoms with Gasteiger partial charge in [0.05, 0.1) is 5.69 Å². The number of hydrogen-bond acceptors (Lipinski definition) is 4. The fourth-order valence-corrected chi connectivity index (χ4v) is 2.80. The summed E-state index contributed by atoms with van der Waals surface area (Å²) >= 11 is 0. The predicted molar refractivity (Wildman–Crippen MR) is 99.2 cm³/mol. The number of aryl methyl sites for hydroxylation is 2. The molecule has 1 atom stereocenters. The number of carboxylic acids is 1. The standard InChI is InChI=1S/C19H25N3O4/c1-5-14(4)21(11-18(24)25)19(26)15-8-9-17(23)22(20-15)16-10-12(2)6-7-13(16)3/h6-7,10,14H,5,8-9,11H2,1-4H3,(H,24,25). The molecule has 7 heteroatoms. The molecule has 26 heavy (non-hydrogen) atoms. The minimum Gasteiger partial charge on any atom is -0.480 e. The minimum absolute atomic E-state index is 0.166. The van der Waals surface area contributed by atoms with E-state index in [0.29, 0.717) is 12.1 Å². The van der Waals surface area contributed by atoms with E-state index in [-0.39, 0.29) is 37.0 Å². The van der Waals surface area contributed by atoms with Crippen molar-refractivity contribution in [2.75, 3.05) is 11.6 Å². The van der Waals surface area contributed by atoms with Crippen molar-refractivity contribution < 1.29 is 19.5 Å². The first kappa shape index (κ1) is 19.6. The van der Waals surface area contributed by atoms with Crippen LogP contribution in [0.4, 0.5) is 5.69 Å². The average Bonchev–Trinajstić information content (AvgIpc) is 2.61. The molecule has 1 unspecified atom stereocenters. The molecule has 0 saturated heterocycles. The zero-order valence-electron chi connectivity index (χ0n) is 15.7. The summed E-state index contributed by atoms with van der Waals surface area (Å²) in [5.41, 5.74) is 2.73. The highest BCUT2D eigenvalue weighted by molar-refractivity contribution is 6.40. The van der Waals surface area contributed by atoms with E-state index in [4.69, 9.17) is 5.11 Å². The number of carbonyl (C=O) groups excluding carboxylic acids is 2. The normalized spacial score (nSPS) is 15.5. The molecular formula is C19H25N3O4. The molecule has 2 rings (SSSR count). The van der Waals surface area contributed by atoms with E-state index in [0.717, 1.165) is 11.1 Å². The lowest BCUT2D eigenvalue weighted by Crippen LogP contribution is -2.47. The van der Waals surface area contributed by atoms with Crippen LogP contribution >= 0.6 is 0 Å². The monoisotopic (exact) mass is 359 g/mol. The summed E-state index contributed by atoms with van der Waals surface area (Å²) in [6.07, 6.45) is 1.01. The van der Waals surface area contributed by atoms with Crippen molar-refractivity contribution in [3.05, 3.63) is 29.3 Å². The van der Waals surface area contributed by atoms with Crippen LogP contribution in [0.25, 0.3) is 0 Å². The molecular weight excluding hydrogens is 334 g/mol. The Morgan fingerprint density at radius 3 is 2.62 bits per heavy atom. The average molecular weight is 359 g/mol. The quantitative estimate of drug-likeness (QED) is 0.845. The fourth-order valence-electron chi connectivity index (χ4n) is 2.80. The number of rotatable bonds is 6. The molecule has 0 aromatic heterocycles. The van der Waals surface area contributed by atoms with Crippen LogP contribution in [0.15, 0.2) is 23.3 Å². The second kappa shape index (κ2) is 8.12. The topological polar surface area (TPSA) is 90.3 Å². The van der Waals surface area contributed by atoms with Crippen molar-refractivity contribution in [1.82, 2.24) is 4.90 Å². The van der Waals surface area contributed by atoms with Gasteiger partial charge in [0.2, 0.25) is 5.91 Å². The van der Waals surface area contributed by atoms with Crippen LogP contribution in [-0.4, -0.2) is 46.1 Å². The van der Waals surface area contributed by atoms with E-state index in [1.807, 2.05) is 39.0 Å². The van der Waals surface area contributed by atoms with Crippen LogP contribution < -0.4 is 5.01 Å². The molecule has 0 fully saturated rings. The first-order valence-corrected chi connectivity index (χ1v) is 8.75. The van der Waals surface area contributed by atoms with Gasteiger partial charge in [0, 0.05) is 18.9 Å². The maximum absolute atomic E-state index is 12.9. The maximum Gasteiger partial charge on any atom is 0.323 e. The lowest BCUT2D eigenvalue weighted by molar-refractivity contribution is -0.143. The molecule has 0 saturated carbocycles. The van der Waals surface area contributed by atoms with Gasteiger partial charge in [-0.15, -0.1) is 0 Å². The van der Waals surface area contributed by atoms with E-state index < -0.39 is 11.9 Å². The smallest absolute Gasteiger partial charge is 0.323 e. The summed E-state index contributed by atoms with van der Waals surface area (Å²) in [6.45, 7) is 7.11. The number of anilines is 1. The van der Waals surface area contributed by atoms with Gasteiger partial charge < -0.3 is 10.0 Å². The highest BCUT2D eigenvalue weighted by atomic mass is 16.4. The zero-order chi connectivity index (χ0) is 19.4. The van der Waals surface area contributed by atoms with Gasteiger partial charge >= 0.3 is 5.97 Å². The summed E-state index contributed by atoms with van der Waals surface area (Å²) in [7, 11) is 0. The van der Waals surface area contributed by atoms with Gasteiger partial charge in [-0.3, -0.25) is 14.4 Å². The van der Waals surface area contributed by atoms with E-state index in [2.05, 4.69) is 5.10 Å². The number of carbonyl (C=O) groups is 3. The van der Waals surface area contributed by atoms with Crippen LogP contribution in [0.1, 0.15) is 44.2 Å². The molecule has 1 aromatic rings. The van der Waals surface area contributed by atoms with Crippen LogP contribution in [0, 0.1) is 13.8 Å². The molecule has 1 aromatic carbocycles. The van der Waals surface area contributed by atoms with Crippen molar-refractivity contribution in [1.29, 1.82) is 0 Å². The van der Waals surface area contributed by atoms with E-state index in [1.54, 1.807) is 6.92 Å². The molecule has 7 nitrogen and oxygen atoms in total. The molecule has 1 aliphatic heterocycles. The number of benzene rings is 1. The van der Waals surface area contributed by atoms with Gasteiger partial charge in [-0.05, 0) is 44.4 Å². The van der Waals surface area contributed by atoms with Crippen LogP contribution in [0.5, 0.6) is 0 Å². The molecule has 2 amide bonds. The van der Waals surface area contributed by atoms with Gasteiger partial charge in [-0.2, -0.15) is 5.10 Å².